The van der Waals surface area contributed by atoms with Crippen LogP contribution in [0, 0.1) is 5.92 Å². The molecule has 1 saturated heterocycles. The second-order valence-electron chi connectivity index (χ2n) is 4.83. The third-order valence-electron chi connectivity index (χ3n) is 3.26. The molecule has 2 unspecified atom stereocenters. The monoisotopic (exact) mass is 200 g/mol. The van der Waals surface area contributed by atoms with E-state index in [9.17, 15) is 5.11 Å². The Hall–Kier alpha value is -0.120. The summed E-state index contributed by atoms with van der Waals surface area (Å²) in [6.07, 6.45) is 3.29. The van der Waals surface area contributed by atoms with E-state index in [1.54, 1.807) is 0 Å². The Kier molecular flexibility index (Phi) is 4.35. The van der Waals surface area contributed by atoms with Crippen LogP contribution in [0.3, 0.4) is 0 Å². The van der Waals surface area contributed by atoms with Crippen LogP contribution in [-0.2, 0) is 0 Å². The molecule has 0 radical (unpaired) electrons. The van der Waals surface area contributed by atoms with Crippen molar-refractivity contribution in [3.8, 4) is 0 Å². The van der Waals surface area contributed by atoms with Crippen molar-refractivity contribution in [2.45, 2.75) is 38.7 Å². The van der Waals surface area contributed by atoms with Crippen LogP contribution in [-0.4, -0.2) is 41.8 Å². The summed E-state index contributed by atoms with van der Waals surface area (Å²) in [4.78, 5) is 2.35. The van der Waals surface area contributed by atoms with Gasteiger partial charge >= 0.3 is 0 Å². The Morgan fingerprint density at radius 3 is 2.86 bits per heavy atom. The number of nitrogens with zero attached hydrogens (tertiary/aromatic N) is 1. The lowest BCUT2D eigenvalue weighted by molar-refractivity contribution is 0.00475. The first-order chi connectivity index (χ1) is 6.57. The molecule has 0 aromatic carbocycles. The normalized spacial score (nSPS) is 28.7. The van der Waals surface area contributed by atoms with Gasteiger partial charge in [0.25, 0.3) is 0 Å². The predicted octanol–water partition coefficient (Wildman–Crippen LogP) is 0.818. The quantitative estimate of drug-likeness (QED) is 0.706. The first-order valence-electron chi connectivity index (χ1n) is 5.72. The maximum Gasteiger partial charge on any atom is 0.0743 e. The van der Waals surface area contributed by atoms with E-state index in [-0.39, 0.29) is 0 Å². The number of aliphatic hydroxyl groups is 1. The van der Waals surface area contributed by atoms with Gasteiger partial charge in [-0.3, -0.25) is 0 Å². The zero-order valence-electron chi connectivity index (χ0n) is 9.50. The molecule has 0 amide bonds. The van der Waals surface area contributed by atoms with E-state index in [4.69, 9.17) is 5.73 Å². The van der Waals surface area contributed by atoms with Gasteiger partial charge in [-0.05, 0) is 45.2 Å². The molecule has 1 heterocycles. The molecule has 0 aliphatic carbocycles. The van der Waals surface area contributed by atoms with Crippen molar-refractivity contribution in [2.24, 2.45) is 11.7 Å². The van der Waals surface area contributed by atoms with E-state index < -0.39 is 5.60 Å². The molecule has 84 valence electrons. The van der Waals surface area contributed by atoms with Gasteiger partial charge in [0.05, 0.1) is 5.60 Å². The lowest BCUT2D eigenvalue weighted by Gasteiger charge is -2.36. The molecule has 0 aromatic rings. The molecule has 1 aliphatic rings. The lowest BCUT2D eigenvalue weighted by atomic mass is 9.95. The Labute approximate surface area is 87.3 Å². The summed E-state index contributed by atoms with van der Waals surface area (Å²) in [6, 6.07) is 0. The molecule has 14 heavy (non-hydrogen) atoms. The van der Waals surface area contributed by atoms with Gasteiger partial charge in [-0.15, -0.1) is 0 Å². The summed E-state index contributed by atoms with van der Waals surface area (Å²) in [5.74, 6) is 0.636. The van der Waals surface area contributed by atoms with Gasteiger partial charge in [0.1, 0.15) is 0 Å². The van der Waals surface area contributed by atoms with Crippen LogP contribution in [0.15, 0.2) is 0 Å². The molecular weight excluding hydrogens is 176 g/mol. The minimum atomic E-state index is -0.531. The Bertz CT molecular complexity index is 171. The Morgan fingerprint density at radius 1 is 1.57 bits per heavy atom. The molecule has 3 nitrogen and oxygen atoms in total. The van der Waals surface area contributed by atoms with E-state index in [2.05, 4.69) is 4.90 Å². The third kappa shape index (κ3) is 3.56. The fourth-order valence-electron chi connectivity index (χ4n) is 2.08. The summed E-state index contributed by atoms with van der Waals surface area (Å²) in [5, 5.41) is 9.96. The van der Waals surface area contributed by atoms with Crippen LogP contribution in [0.1, 0.15) is 33.1 Å². The zero-order valence-corrected chi connectivity index (χ0v) is 9.50. The highest BCUT2D eigenvalue weighted by atomic mass is 16.3. The highest BCUT2D eigenvalue weighted by Crippen LogP contribution is 2.19. The Balaban J connectivity index is 2.37. The van der Waals surface area contributed by atoms with Crippen molar-refractivity contribution >= 4 is 0 Å². The first-order valence-corrected chi connectivity index (χ1v) is 5.72. The maximum absolute atomic E-state index is 9.96. The minimum Gasteiger partial charge on any atom is -0.389 e. The third-order valence-corrected chi connectivity index (χ3v) is 3.26. The van der Waals surface area contributed by atoms with Crippen LogP contribution in [0.2, 0.25) is 0 Å². The van der Waals surface area contributed by atoms with Gasteiger partial charge in [0.15, 0.2) is 0 Å². The Morgan fingerprint density at radius 2 is 2.29 bits per heavy atom. The summed E-state index contributed by atoms with van der Waals surface area (Å²) < 4.78 is 0. The van der Waals surface area contributed by atoms with E-state index >= 15 is 0 Å². The van der Waals surface area contributed by atoms with Crippen LogP contribution in [0.4, 0.5) is 0 Å². The standard InChI is InChI=1S/C11H24N2O/c1-3-11(2,14)9-13-6-4-5-10(7-12)8-13/h10,14H,3-9,12H2,1-2H3. The van der Waals surface area contributed by atoms with Crippen molar-refractivity contribution in [3.63, 3.8) is 0 Å². The molecule has 3 heteroatoms. The summed E-state index contributed by atoms with van der Waals surface area (Å²) in [5.41, 5.74) is 5.14. The molecule has 0 bridgehead atoms. The predicted molar refractivity (Wildman–Crippen MR) is 59.1 cm³/mol. The van der Waals surface area contributed by atoms with E-state index in [0.29, 0.717) is 5.92 Å². The molecule has 0 aromatic heterocycles. The molecule has 3 N–H and O–H groups in total. The fourth-order valence-corrected chi connectivity index (χ4v) is 2.08. The number of likely N-dealkylation sites (tertiary alicyclic amines) is 1. The van der Waals surface area contributed by atoms with E-state index in [1.165, 1.54) is 12.8 Å². The number of hydrogen-bond acceptors (Lipinski definition) is 3. The van der Waals surface area contributed by atoms with Crippen LogP contribution in [0.5, 0.6) is 0 Å². The highest BCUT2D eigenvalue weighted by molar-refractivity contribution is 4.80. The van der Waals surface area contributed by atoms with Crippen molar-refractivity contribution in [3.05, 3.63) is 0 Å². The molecule has 2 atom stereocenters. The maximum atomic E-state index is 9.96. The summed E-state index contributed by atoms with van der Waals surface area (Å²) in [6.45, 7) is 7.70. The van der Waals surface area contributed by atoms with Gasteiger partial charge < -0.3 is 15.7 Å². The SMILES string of the molecule is CCC(C)(O)CN1CCCC(CN)C1. The lowest BCUT2D eigenvalue weighted by Crippen LogP contribution is -2.46. The van der Waals surface area contributed by atoms with Crippen molar-refractivity contribution in [1.82, 2.24) is 4.90 Å². The van der Waals surface area contributed by atoms with Gasteiger partial charge in [-0.25, -0.2) is 0 Å². The fraction of sp³-hybridized carbons (Fsp3) is 1.00. The second-order valence-corrected chi connectivity index (χ2v) is 4.83. The highest BCUT2D eigenvalue weighted by Gasteiger charge is 2.25. The van der Waals surface area contributed by atoms with Gasteiger partial charge in [-0.2, -0.15) is 0 Å². The topological polar surface area (TPSA) is 49.5 Å². The van der Waals surface area contributed by atoms with Gasteiger partial charge in [0.2, 0.25) is 0 Å². The molecule has 1 rings (SSSR count). The molecule has 1 aliphatic heterocycles. The summed E-state index contributed by atoms with van der Waals surface area (Å²) in [7, 11) is 0. The van der Waals surface area contributed by atoms with Crippen molar-refractivity contribution in [2.75, 3.05) is 26.2 Å². The van der Waals surface area contributed by atoms with Gasteiger partial charge in [-0.1, -0.05) is 6.92 Å². The second kappa shape index (κ2) is 5.10. The van der Waals surface area contributed by atoms with Crippen LogP contribution >= 0.6 is 0 Å². The largest absolute Gasteiger partial charge is 0.389 e. The minimum absolute atomic E-state index is 0.531. The number of piperidine rings is 1. The molecular formula is C11H24N2O. The number of rotatable bonds is 4. The van der Waals surface area contributed by atoms with Gasteiger partial charge in [0, 0.05) is 13.1 Å². The first kappa shape index (κ1) is 12.0. The molecule has 1 fully saturated rings. The van der Waals surface area contributed by atoms with E-state index in [0.717, 1.165) is 32.6 Å². The average Bonchev–Trinajstić information content (AvgIpc) is 2.17. The van der Waals surface area contributed by atoms with Crippen molar-refractivity contribution < 1.29 is 5.11 Å². The van der Waals surface area contributed by atoms with Crippen LogP contribution < -0.4 is 5.73 Å². The smallest absolute Gasteiger partial charge is 0.0743 e. The molecule has 0 saturated carbocycles. The summed E-state index contributed by atoms with van der Waals surface area (Å²) >= 11 is 0. The number of nitrogens with two attached hydrogens (primary N) is 1. The number of β-amino-alcohol motifs (C(OH)–C–C–N with tert-alkyl or cyclic N) is 1. The van der Waals surface area contributed by atoms with Crippen molar-refractivity contribution in [1.29, 1.82) is 0 Å². The average molecular weight is 200 g/mol. The number of hydrogen-bond donors (Lipinski definition) is 2. The molecule has 0 spiro atoms. The van der Waals surface area contributed by atoms with E-state index in [1.807, 2.05) is 13.8 Å². The van der Waals surface area contributed by atoms with Crippen LogP contribution in [0.25, 0.3) is 0 Å². The zero-order chi connectivity index (χ0) is 10.6.